The monoisotopic (exact) mass is 454 g/mol. The maximum Gasteiger partial charge on any atom is 0.259 e. The molecule has 176 valence electrons. The van der Waals surface area contributed by atoms with Crippen molar-refractivity contribution in [2.24, 2.45) is 7.05 Å². The largest absolute Gasteiger partial charge is 0.363 e. The third kappa shape index (κ3) is 5.73. The Kier molecular flexibility index (Phi) is 7.76. The zero-order valence-corrected chi connectivity index (χ0v) is 19.9. The molecular weight excluding hydrogens is 420 g/mol. The van der Waals surface area contributed by atoms with Crippen molar-refractivity contribution in [3.8, 4) is 0 Å². The minimum Gasteiger partial charge on any atom is -0.363 e. The third-order valence-electron chi connectivity index (χ3n) is 5.98. The second kappa shape index (κ2) is 11.3. The molecule has 1 atom stereocenters. The lowest BCUT2D eigenvalue weighted by atomic mass is 10.0. The van der Waals surface area contributed by atoms with Gasteiger partial charge >= 0.3 is 0 Å². The Morgan fingerprint density at radius 2 is 1.44 bits per heavy atom. The fourth-order valence-electron chi connectivity index (χ4n) is 4.20. The molecule has 3 aromatic carbocycles. The van der Waals surface area contributed by atoms with Crippen molar-refractivity contribution in [2.75, 3.05) is 5.32 Å². The van der Waals surface area contributed by atoms with Gasteiger partial charge in [-0.15, -0.1) is 0 Å². The van der Waals surface area contributed by atoms with E-state index in [4.69, 9.17) is 0 Å². The molecule has 34 heavy (non-hydrogen) atoms. The van der Waals surface area contributed by atoms with Gasteiger partial charge in [-0.1, -0.05) is 104 Å². The van der Waals surface area contributed by atoms with E-state index in [1.165, 1.54) is 5.56 Å². The molecule has 0 aliphatic rings. The zero-order valence-electron chi connectivity index (χ0n) is 19.9. The van der Waals surface area contributed by atoms with Crippen molar-refractivity contribution >= 4 is 11.7 Å². The van der Waals surface area contributed by atoms with Crippen LogP contribution in [0.1, 0.15) is 54.3 Å². The lowest BCUT2D eigenvalue weighted by molar-refractivity contribution is 0.0731. The molecule has 0 saturated heterocycles. The molecule has 4 aromatic rings. The van der Waals surface area contributed by atoms with E-state index >= 15 is 0 Å². The maximum atomic E-state index is 13.9. The summed E-state index contributed by atoms with van der Waals surface area (Å²) >= 11 is 0. The maximum absolute atomic E-state index is 13.9. The Bertz CT molecular complexity index is 1140. The van der Waals surface area contributed by atoms with Crippen LogP contribution in [0.5, 0.6) is 0 Å². The number of aryl methyl sites for hydroxylation is 1. The van der Waals surface area contributed by atoms with Gasteiger partial charge in [0.05, 0.1) is 12.2 Å². The Labute approximate surface area is 203 Å². The molecule has 1 heterocycles. The molecular formula is C29H34N4O. The van der Waals surface area contributed by atoms with E-state index in [-0.39, 0.29) is 13.4 Å². The van der Waals surface area contributed by atoms with E-state index in [9.17, 15) is 4.79 Å². The number of carbonyl (C=O) groups is 1. The molecule has 5 heteroatoms. The van der Waals surface area contributed by atoms with Gasteiger partial charge in [-0.3, -0.25) is 9.48 Å². The summed E-state index contributed by atoms with van der Waals surface area (Å²) in [7, 11) is 1.88. The van der Waals surface area contributed by atoms with Crippen LogP contribution in [0.2, 0.25) is 0 Å². The second-order valence-corrected chi connectivity index (χ2v) is 8.56. The molecule has 0 aliphatic heterocycles. The van der Waals surface area contributed by atoms with Gasteiger partial charge in [0.25, 0.3) is 5.91 Å². The molecule has 0 spiro atoms. The van der Waals surface area contributed by atoms with Crippen LogP contribution in [-0.2, 0) is 20.1 Å². The highest BCUT2D eigenvalue weighted by Gasteiger charge is 2.24. The highest BCUT2D eigenvalue weighted by atomic mass is 16.2. The molecule has 1 N–H and O–H groups in total. The number of amides is 1. The first kappa shape index (κ1) is 23.3. The number of rotatable bonds is 10. The lowest BCUT2D eigenvalue weighted by Gasteiger charge is -2.25. The summed E-state index contributed by atoms with van der Waals surface area (Å²) < 4.78 is 1.77. The van der Waals surface area contributed by atoms with Gasteiger partial charge in [0.15, 0.2) is 0 Å². The zero-order chi connectivity index (χ0) is 23.8. The number of hydrogen-bond acceptors (Lipinski definition) is 3. The first-order valence-corrected chi connectivity index (χ1v) is 11.9. The summed E-state index contributed by atoms with van der Waals surface area (Å²) in [5.74, 6) is 0.713. The Morgan fingerprint density at radius 3 is 1.97 bits per heavy atom. The predicted molar refractivity (Wildman–Crippen MR) is 139 cm³/mol. The fraction of sp³-hybridized carbons (Fsp3) is 0.241. The van der Waals surface area contributed by atoms with Crippen LogP contribution in [-0.4, -0.2) is 20.6 Å². The molecule has 0 fully saturated rings. The standard InChI is InChI=1S/C29H32N4O.H2/c1-3-13-27(25-18-11-6-12-19-25)31-28-26(20-30-32(28)2)29(34)33(21-23-14-7-4-8-15-23)22-24-16-9-5-10-17-24;/h4-12,14-20,27,31H,3,13,21-22H2,1-2H3;1H. The van der Waals surface area contributed by atoms with Crippen molar-refractivity contribution < 1.29 is 6.22 Å². The summed E-state index contributed by atoms with van der Waals surface area (Å²) in [5.41, 5.74) is 3.98. The number of anilines is 1. The van der Waals surface area contributed by atoms with Crippen LogP contribution in [0.25, 0.3) is 0 Å². The Balaban J connectivity index is 0.00000342. The van der Waals surface area contributed by atoms with Crippen LogP contribution in [0, 0.1) is 0 Å². The van der Waals surface area contributed by atoms with Crippen LogP contribution < -0.4 is 5.32 Å². The minimum atomic E-state index is -0.0355. The van der Waals surface area contributed by atoms with E-state index < -0.39 is 0 Å². The van der Waals surface area contributed by atoms with Crippen LogP contribution in [0.4, 0.5) is 5.82 Å². The smallest absolute Gasteiger partial charge is 0.259 e. The first-order chi connectivity index (χ1) is 16.7. The number of hydrogen-bond donors (Lipinski definition) is 1. The van der Waals surface area contributed by atoms with Crippen molar-refractivity contribution in [3.05, 3.63) is 119 Å². The van der Waals surface area contributed by atoms with Gasteiger partial charge in [-0.05, 0) is 23.1 Å². The fourth-order valence-corrected chi connectivity index (χ4v) is 4.20. The predicted octanol–water partition coefficient (Wildman–Crippen LogP) is 6.46. The van der Waals surface area contributed by atoms with Crippen molar-refractivity contribution in [1.29, 1.82) is 0 Å². The van der Waals surface area contributed by atoms with Crippen molar-refractivity contribution in [2.45, 2.75) is 38.9 Å². The second-order valence-electron chi connectivity index (χ2n) is 8.56. The molecule has 1 unspecified atom stereocenters. The van der Waals surface area contributed by atoms with Gasteiger partial charge in [-0.2, -0.15) is 5.10 Å². The van der Waals surface area contributed by atoms with E-state index in [0.717, 1.165) is 29.8 Å². The van der Waals surface area contributed by atoms with E-state index in [1.54, 1.807) is 10.9 Å². The van der Waals surface area contributed by atoms with E-state index in [0.29, 0.717) is 18.7 Å². The van der Waals surface area contributed by atoms with Gasteiger partial charge in [0.1, 0.15) is 11.4 Å². The van der Waals surface area contributed by atoms with Crippen LogP contribution >= 0.6 is 0 Å². The van der Waals surface area contributed by atoms with Gasteiger partial charge in [0.2, 0.25) is 0 Å². The average molecular weight is 455 g/mol. The van der Waals surface area contributed by atoms with Crippen LogP contribution in [0.3, 0.4) is 0 Å². The van der Waals surface area contributed by atoms with Crippen molar-refractivity contribution in [1.82, 2.24) is 14.7 Å². The van der Waals surface area contributed by atoms with Crippen molar-refractivity contribution in [3.63, 3.8) is 0 Å². The Hall–Kier alpha value is -3.86. The molecule has 1 aromatic heterocycles. The quantitative estimate of drug-likeness (QED) is 0.299. The SMILES string of the molecule is CCCC(Nc1c(C(=O)N(Cc2ccccc2)Cc2ccccc2)cnn1C)c1ccccc1.[HH]. The summed E-state index contributed by atoms with van der Waals surface area (Å²) in [6, 6.07) is 30.7. The number of benzene rings is 3. The third-order valence-corrected chi connectivity index (χ3v) is 5.98. The molecule has 0 bridgehead atoms. The number of nitrogens with zero attached hydrogens (tertiary/aromatic N) is 3. The number of aromatic nitrogens is 2. The molecule has 0 saturated carbocycles. The molecule has 5 nitrogen and oxygen atoms in total. The van der Waals surface area contributed by atoms with Crippen LogP contribution in [0.15, 0.2) is 97.2 Å². The molecule has 1 amide bonds. The number of carbonyl (C=O) groups excluding carboxylic acids is 1. The minimum absolute atomic E-state index is 0. The Morgan fingerprint density at radius 1 is 0.912 bits per heavy atom. The van der Waals surface area contributed by atoms with Gasteiger partial charge in [0, 0.05) is 21.6 Å². The van der Waals surface area contributed by atoms with E-state index in [1.807, 2.05) is 54.4 Å². The highest BCUT2D eigenvalue weighted by molar-refractivity contribution is 5.98. The molecule has 0 radical (unpaired) electrons. The first-order valence-electron chi connectivity index (χ1n) is 11.9. The average Bonchev–Trinajstić information content (AvgIpc) is 3.24. The summed E-state index contributed by atoms with van der Waals surface area (Å²) in [4.78, 5) is 15.8. The number of nitrogens with one attached hydrogen (secondary N) is 1. The van der Waals surface area contributed by atoms with E-state index in [2.05, 4.69) is 65.9 Å². The highest BCUT2D eigenvalue weighted by Crippen LogP contribution is 2.27. The molecule has 4 rings (SSSR count). The summed E-state index contributed by atoms with van der Waals surface area (Å²) in [5, 5.41) is 8.08. The molecule has 0 aliphatic carbocycles. The van der Waals surface area contributed by atoms with Gasteiger partial charge in [-0.25, -0.2) is 0 Å². The van der Waals surface area contributed by atoms with Gasteiger partial charge < -0.3 is 10.2 Å². The topological polar surface area (TPSA) is 50.2 Å². The summed E-state index contributed by atoms with van der Waals surface area (Å²) in [6.07, 6.45) is 3.67. The lowest BCUT2D eigenvalue weighted by Crippen LogP contribution is -2.31. The summed E-state index contributed by atoms with van der Waals surface area (Å²) in [6.45, 7) is 3.23. The normalized spacial score (nSPS) is 11.7.